The molecule has 1 aliphatic heterocycles. The number of hydrogen-bond donors (Lipinski definition) is 2. The first-order valence-electron chi connectivity index (χ1n) is 10.1. The molecule has 26 heavy (non-hydrogen) atoms. The van der Waals surface area contributed by atoms with E-state index in [-0.39, 0.29) is 29.9 Å². The number of amides is 1. The topological polar surface area (TPSA) is 66.0 Å². The molecule has 2 aliphatic rings. The van der Waals surface area contributed by atoms with Gasteiger partial charge in [-0.2, -0.15) is 0 Å². The number of aliphatic imine (C=N–C) groups is 1. The van der Waals surface area contributed by atoms with Crippen molar-refractivity contribution in [3.63, 3.8) is 0 Å². The van der Waals surface area contributed by atoms with Crippen molar-refractivity contribution >= 4 is 35.8 Å². The molecule has 1 aliphatic carbocycles. The van der Waals surface area contributed by atoms with E-state index in [1.54, 1.807) is 7.11 Å². The van der Waals surface area contributed by atoms with Crippen LogP contribution in [0.1, 0.15) is 58.3 Å². The molecule has 1 amide bonds. The molecule has 0 bridgehead atoms. The number of guanidine groups is 1. The fourth-order valence-corrected chi connectivity index (χ4v) is 3.75. The van der Waals surface area contributed by atoms with Crippen LogP contribution in [0.4, 0.5) is 0 Å². The van der Waals surface area contributed by atoms with Crippen molar-refractivity contribution in [1.29, 1.82) is 0 Å². The van der Waals surface area contributed by atoms with Crippen LogP contribution < -0.4 is 10.6 Å². The predicted molar refractivity (Wildman–Crippen MR) is 117 cm³/mol. The SMILES string of the molecule is CCNC(=NCCCCCOC)NC1CCN(C(=O)C2CCCC2)C1.I. The van der Waals surface area contributed by atoms with Gasteiger partial charge in [0.2, 0.25) is 5.91 Å². The molecule has 0 spiro atoms. The summed E-state index contributed by atoms with van der Waals surface area (Å²) in [4.78, 5) is 19.3. The van der Waals surface area contributed by atoms with Crippen molar-refractivity contribution in [3.8, 4) is 0 Å². The molecule has 1 saturated heterocycles. The molecule has 1 saturated carbocycles. The summed E-state index contributed by atoms with van der Waals surface area (Å²) in [5, 5.41) is 6.84. The van der Waals surface area contributed by atoms with Gasteiger partial charge in [-0.1, -0.05) is 12.8 Å². The van der Waals surface area contributed by atoms with Crippen LogP contribution in [0.5, 0.6) is 0 Å². The lowest BCUT2D eigenvalue weighted by Gasteiger charge is -2.21. The summed E-state index contributed by atoms with van der Waals surface area (Å²) in [5.41, 5.74) is 0. The summed E-state index contributed by atoms with van der Waals surface area (Å²) in [5.74, 6) is 1.55. The van der Waals surface area contributed by atoms with E-state index in [2.05, 4.69) is 27.4 Å². The Kier molecular flexibility index (Phi) is 12.3. The standard InChI is InChI=1S/C19H36N4O2.HI/c1-3-20-19(21-12-7-4-8-14-25-2)22-17-11-13-23(15-17)18(24)16-9-5-6-10-16;/h16-17H,3-15H2,1-2H3,(H2,20,21,22);1H. The van der Waals surface area contributed by atoms with Gasteiger partial charge in [0, 0.05) is 51.9 Å². The summed E-state index contributed by atoms with van der Waals surface area (Å²) in [6, 6.07) is 0.316. The zero-order valence-electron chi connectivity index (χ0n) is 16.5. The third-order valence-corrected chi connectivity index (χ3v) is 5.17. The Hall–Kier alpha value is -0.570. The van der Waals surface area contributed by atoms with E-state index < -0.39 is 0 Å². The summed E-state index contributed by atoms with van der Waals surface area (Å²) >= 11 is 0. The highest BCUT2D eigenvalue weighted by Gasteiger charge is 2.32. The van der Waals surface area contributed by atoms with Gasteiger partial charge in [0.25, 0.3) is 0 Å². The largest absolute Gasteiger partial charge is 0.385 e. The number of halogens is 1. The van der Waals surface area contributed by atoms with Gasteiger partial charge in [-0.25, -0.2) is 0 Å². The lowest BCUT2D eigenvalue weighted by molar-refractivity contribution is -0.134. The van der Waals surface area contributed by atoms with Gasteiger partial charge in [-0.05, 0) is 45.4 Å². The number of carbonyl (C=O) groups is 1. The zero-order chi connectivity index (χ0) is 17.9. The van der Waals surface area contributed by atoms with Crippen molar-refractivity contribution in [2.24, 2.45) is 10.9 Å². The highest BCUT2D eigenvalue weighted by molar-refractivity contribution is 14.0. The fourth-order valence-electron chi connectivity index (χ4n) is 3.75. The number of carbonyl (C=O) groups excluding carboxylic acids is 1. The molecule has 2 fully saturated rings. The molecule has 7 heteroatoms. The predicted octanol–water partition coefficient (Wildman–Crippen LogP) is 2.77. The highest BCUT2D eigenvalue weighted by Crippen LogP contribution is 2.27. The first-order valence-corrected chi connectivity index (χ1v) is 10.1. The number of rotatable bonds is 9. The third-order valence-electron chi connectivity index (χ3n) is 5.17. The maximum absolute atomic E-state index is 12.5. The number of likely N-dealkylation sites (tertiary alicyclic amines) is 1. The zero-order valence-corrected chi connectivity index (χ0v) is 18.8. The van der Waals surface area contributed by atoms with Crippen molar-refractivity contribution in [1.82, 2.24) is 15.5 Å². The lowest BCUT2D eigenvalue weighted by atomic mass is 10.1. The Labute approximate surface area is 175 Å². The van der Waals surface area contributed by atoms with Gasteiger partial charge in [-0.3, -0.25) is 9.79 Å². The van der Waals surface area contributed by atoms with Crippen molar-refractivity contribution < 1.29 is 9.53 Å². The Morgan fingerprint density at radius 1 is 1.19 bits per heavy atom. The van der Waals surface area contributed by atoms with Crippen LogP contribution in [-0.2, 0) is 9.53 Å². The maximum atomic E-state index is 12.5. The minimum atomic E-state index is 0. The van der Waals surface area contributed by atoms with E-state index >= 15 is 0 Å². The van der Waals surface area contributed by atoms with Crippen LogP contribution in [0.2, 0.25) is 0 Å². The number of nitrogens with one attached hydrogen (secondary N) is 2. The molecular weight excluding hydrogens is 443 g/mol. The van der Waals surface area contributed by atoms with Gasteiger partial charge < -0.3 is 20.3 Å². The molecule has 0 radical (unpaired) electrons. The molecule has 1 unspecified atom stereocenters. The lowest BCUT2D eigenvalue weighted by Crippen LogP contribution is -2.45. The average Bonchev–Trinajstić information content (AvgIpc) is 3.29. The molecule has 6 nitrogen and oxygen atoms in total. The van der Waals surface area contributed by atoms with Crippen molar-refractivity contribution in [2.45, 2.75) is 64.3 Å². The fraction of sp³-hybridized carbons (Fsp3) is 0.895. The molecular formula is C19H37IN4O2. The van der Waals surface area contributed by atoms with Crippen molar-refractivity contribution in [2.75, 3.05) is 39.9 Å². The van der Waals surface area contributed by atoms with Crippen molar-refractivity contribution in [3.05, 3.63) is 0 Å². The second kappa shape index (κ2) is 13.6. The number of nitrogens with zero attached hydrogens (tertiary/aromatic N) is 2. The summed E-state index contributed by atoms with van der Waals surface area (Å²) in [6.07, 6.45) is 8.93. The Bertz CT molecular complexity index is 428. The maximum Gasteiger partial charge on any atom is 0.225 e. The van der Waals surface area contributed by atoms with Gasteiger partial charge in [0.15, 0.2) is 5.96 Å². The molecule has 152 valence electrons. The Morgan fingerprint density at radius 3 is 2.65 bits per heavy atom. The number of ether oxygens (including phenoxy) is 1. The van der Waals surface area contributed by atoms with E-state index in [9.17, 15) is 4.79 Å². The van der Waals surface area contributed by atoms with E-state index in [4.69, 9.17) is 4.74 Å². The molecule has 2 N–H and O–H groups in total. The first-order chi connectivity index (χ1) is 12.2. The summed E-state index contributed by atoms with van der Waals surface area (Å²) < 4.78 is 5.07. The Balaban J connectivity index is 0.00000338. The number of unbranched alkanes of at least 4 members (excludes halogenated alkanes) is 2. The van der Waals surface area contributed by atoms with Crippen LogP contribution in [-0.4, -0.2) is 62.7 Å². The quantitative estimate of drug-likeness (QED) is 0.231. The summed E-state index contributed by atoms with van der Waals surface area (Å²) in [6.45, 7) is 6.29. The van der Waals surface area contributed by atoms with Crippen LogP contribution in [0, 0.1) is 5.92 Å². The van der Waals surface area contributed by atoms with E-state index in [1.807, 2.05) is 0 Å². The highest BCUT2D eigenvalue weighted by atomic mass is 127. The van der Waals surface area contributed by atoms with Gasteiger partial charge in [0.05, 0.1) is 0 Å². The summed E-state index contributed by atoms with van der Waals surface area (Å²) in [7, 11) is 1.74. The molecule has 0 aromatic carbocycles. The van der Waals surface area contributed by atoms with Crippen LogP contribution >= 0.6 is 24.0 Å². The normalized spacial score (nSPS) is 20.9. The number of methoxy groups -OCH3 is 1. The molecule has 2 rings (SSSR count). The second-order valence-corrected chi connectivity index (χ2v) is 7.21. The van der Waals surface area contributed by atoms with E-state index in [0.29, 0.717) is 11.9 Å². The van der Waals surface area contributed by atoms with Crippen LogP contribution in [0.3, 0.4) is 0 Å². The average molecular weight is 480 g/mol. The van der Waals surface area contributed by atoms with Crippen LogP contribution in [0.25, 0.3) is 0 Å². The Morgan fingerprint density at radius 2 is 1.96 bits per heavy atom. The van der Waals surface area contributed by atoms with Gasteiger partial charge in [-0.15, -0.1) is 24.0 Å². The molecule has 1 heterocycles. The van der Waals surface area contributed by atoms with Gasteiger partial charge in [0.1, 0.15) is 0 Å². The molecule has 1 atom stereocenters. The molecule has 0 aromatic heterocycles. The minimum absolute atomic E-state index is 0. The van der Waals surface area contributed by atoms with E-state index in [1.165, 1.54) is 12.8 Å². The van der Waals surface area contributed by atoms with Crippen LogP contribution in [0.15, 0.2) is 4.99 Å². The molecule has 0 aromatic rings. The smallest absolute Gasteiger partial charge is 0.225 e. The monoisotopic (exact) mass is 480 g/mol. The minimum Gasteiger partial charge on any atom is -0.385 e. The van der Waals surface area contributed by atoms with E-state index in [0.717, 1.165) is 77.3 Å². The number of hydrogen-bond acceptors (Lipinski definition) is 3. The first kappa shape index (κ1) is 23.5. The van der Waals surface area contributed by atoms with Gasteiger partial charge >= 0.3 is 0 Å². The third kappa shape index (κ3) is 7.98. The second-order valence-electron chi connectivity index (χ2n) is 7.21.